The van der Waals surface area contributed by atoms with Gasteiger partial charge in [0.2, 0.25) is 0 Å². The van der Waals surface area contributed by atoms with Crippen LogP contribution in [-0.4, -0.2) is 109 Å². The number of hydrogen-bond donors (Lipinski definition) is 6. The third-order valence-corrected chi connectivity index (χ3v) is 9.16. The number of imidazole rings is 2. The van der Waals surface area contributed by atoms with Crippen molar-refractivity contribution >= 4 is 43.6 Å². The van der Waals surface area contributed by atoms with Gasteiger partial charge in [0, 0.05) is 0 Å². The van der Waals surface area contributed by atoms with E-state index in [0.29, 0.717) is 0 Å². The summed E-state index contributed by atoms with van der Waals surface area (Å²) in [5, 5.41) is 22.1. The Labute approximate surface area is 243 Å². The number of aromatic nitrogens is 8. The molecule has 0 aromatic carbocycles. The number of nitrogens with two attached hydrogens (primary N) is 1. The first-order chi connectivity index (χ1) is 20.9. The first kappa shape index (κ1) is 29.5. The van der Waals surface area contributed by atoms with Crippen LogP contribution in [0, 0.1) is 0 Å². The monoisotopic (exact) mass is 659 g/mol. The van der Waals surface area contributed by atoms with E-state index < -0.39 is 83.2 Å². The Kier molecular flexibility index (Phi) is 7.16. The normalized spacial score (nSPS) is 38.3. The lowest BCUT2D eigenvalue weighted by molar-refractivity contribution is -0.167. The zero-order valence-corrected chi connectivity index (χ0v) is 23.7. The number of nitrogen functional groups attached to an aromatic ring is 1. The van der Waals surface area contributed by atoms with Crippen LogP contribution < -0.4 is 11.3 Å². The van der Waals surface area contributed by atoms with Gasteiger partial charge in [-0.05, 0) is 0 Å². The van der Waals surface area contributed by atoms with Crippen molar-refractivity contribution in [3.63, 3.8) is 0 Å². The summed E-state index contributed by atoms with van der Waals surface area (Å²) in [4.78, 5) is 55.8. The summed E-state index contributed by atoms with van der Waals surface area (Å²) in [7, 11) is -9.87. The standard InChI is InChI=1S/C20H23N9O13P2/c21-14-8-15(23-2-22-14)28(4-26-8)18-11(31)13-20(40-18)37-6-43(33,34)41-12-10(30)7(1-38-44(35,36)42-13)39-19(12)29-5-27-9-16(29)24-3-25-17(9)32/h2-5,7,10-13,18-20,30-31H,1,6H2,(H,33,34)(H,35,36)(H2,21,22,23)(H,24,25,32)/t7-,10-,11-,12-,13+,18-,19-,20+/m1/s1. The van der Waals surface area contributed by atoms with Crippen molar-refractivity contribution in [3.8, 4) is 0 Å². The predicted octanol–water partition coefficient (Wildman–Crippen LogP) is -1.92. The molecule has 7 heterocycles. The van der Waals surface area contributed by atoms with Gasteiger partial charge in [0.05, 0.1) is 25.6 Å². The average Bonchev–Trinajstić information content (AvgIpc) is 3.73. The minimum Gasteiger partial charge on any atom is -0.387 e. The first-order valence-corrected chi connectivity index (χ1v) is 16.0. The van der Waals surface area contributed by atoms with Crippen LogP contribution in [0.4, 0.5) is 5.82 Å². The van der Waals surface area contributed by atoms with Crippen LogP contribution in [0.5, 0.6) is 0 Å². The molecule has 0 aliphatic carbocycles. The van der Waals surface area contributed by atoms with Crippen LogP contribution in [0.25, 0.3) is 22.3 Å². The summed E-state index contributed by atoms with van der Waals surface area (Å²) in [5.74, 6) is 0.0338. The zero-order valence-electron chi connectivity index (χ0n) is 21.9. The van der Waals surface area contributed by atoms with Gasteiger partial charge in [0.1, 0.15) is 36.3 Å². The van der Waals surface area contributed by atoms with Gasteiger partial charge in [0.25, 0.3) is 5.56 Å². The van der Waals surface area contributed by atoms with Gasteiger partial charge in [-0.3, -0.25) is 32.1 Å². The van der Waals surface area contributed by atoms with Gasteiger partial charge < -0.3 is 44.9 Å². The van der Waals surface area contributed by atoms with Gasteiger partial charge in [-0.2, -0.15) is 0 Å². The van der Waals surface area contributed by atoms with Crippen LogP contribution in [0.1, 0.15) is 12.5 Å². The van der Waals surface area contributed by atoms with Crippen LogP contribution in [0.15, 0.2) is 30.1 Å². The van der Waals surface area contributed by atoms with E-state index in [0.717, 1.165) is 19.0 Å². The van der Waals surface area contributed by atoms with E-state index in [1.54, 1.807) is 0 Å². The molecule has 3 aliphatic heterocycles. The van der Waals surface area contributed by atoms with E-state index in [9.17, 15) is 33.9 Å². The first-order valence-electron chi connectivity index (χ1n) is 12.7. The number of aliphatic hydroxyl groups is 2. The number of H-pyrrole nitrogens is 1. The molecule has 24 heteroatoms. The third-order valence-electron chi connectivity index (χ3n) is 7.13. The molecule has 3 saturated heterocycles. The van der Waals surface area contributed by atoms with Gasteiger partial charge in [0.15, 0.2) is 53.8 Å². The molecule has 0 spiro atoms. The largest absolute Gasteiger partial charge is 0.472 e. The van der Waals surface area contributed by atoms with Crippen molar-refractivity contribution in [1.82, 2.24) is 39.0 Å². The Balaban J connectivity index is 1.20. The number of nitrogens with one attached hydrogen (secondary N) is 1. The molecule has 3 aliphatic rings. The highest BCUT2D eigenvalue weighted by molar-refractivity contribution is 7.52. The molecule has 0 amide bonds. The molecule has 2 unspecified atom stereocenters. The topological polar surface area (TPSA) is 304 Å². The fourth-order valence-corrected chi connectivity index (χ4v) is 7.07. The van der Waals surface area contributed by atoms with Crippen molar-refractivity contribution in [2.24, 2.45) is 0 Å². The van der Waals surface area contributed by atoms with Gasteiger partial charge in [-0.25, -0.2) is 29.5 Å². The van der Waals surface area contributed by atoms with Crippen LogP contribution >= 0.6 is 15.4 Å². The number of phosphoric acid groups is 1. The number of ether oxygens (including phenoxy) is 3. The number of fused-ring (bicyclic) bond motifs is 5. The van der Waals surface area contributed by atoms with Gasteiger partial charge in [-0.15, -0.1) is 0 Å². The summed E-state index contributed by atoms with van der Waals surface area (Å²) in [6, 6.07) is 0. The van der Waals surface area contributed by atoms with Gasteiger partial charge >= 0.3 is 15.4 Å². The molecular weight excluding hydrogens is 636 g/mol. The highest BCUT2D eigenvalue weighted by Crippen LogP contribution is 2.53. The quantitative estimate of drug-likeness (QED) is 0.128. The molecule has 10 atom stereocenters. The van der Waals surface area contributed by atoms with E-state index >= 15 is 0 Å². The lowest BCUT2D eigenvalue weighted by Crippen LogP contribution is -2.35. The molecule has 3 fully saturated rings. The lowest BCUT2D eigenvalue weighted by Gasteiger charge is -2.26. The number of phosphoric ester groups is 1. The second-order valence-corrected chi connectivity index (χ2v) is 13.1. The highest BCUT2D eigenvalue weighted by Gasteiger charge is 2.54. The number of nitrogens with zero attached hydrogens (tertiary/aromatic N) is 7. The number of aromatic amines is 1. The van der Waals surface area contributed by atoms with Crippen LogP contribution in [-0.2, 0) is 36.9 Å². The minimum absolute atomic E-state index is 0.0105. The van der Waals surface area contributed by atoms with Crippen molar-refractivity contribution in [1.29, 1.82) is 0 Å². The maximum absolute atomic E-state index is 13.2. The zero-order chi connectivity index (χ0) is 31.0. The summed E-state index contributed by atoms with van der Waals surface area (Å²) in [6.07, 6.45) is -9.31. The molecule has 0 saturated carbocycles. The number of anilines is 1. The van der Waals surface area contributed by atoms with E-state index in [-0.39, 0.29) is 28.1 Å². The van der Waals surface area contributed by atoms with Crippen LogP contribution in [0.3, 0.4) is 0 Å². The summed E-state index contributed by atoms with van der Waals surface area (Å²) < 4.78 is 61.4. The molecule has 22 nitrogen and oxygen atoms in total. The molecule has 7 rings (SSSR count). The number of hydrogen-bond acceptors (Lipinski definition) is 17. The van der Waals surface area contributed by atoms with Crippen molar-refractivity contribution < 1.29 is 56.9 Å². The number of aliphatic hydroxyl groups excluding tert-OH is 2. The molecule has 4 aromatic rings. The van der Waals surface area contributed by atoms with Crippen molar-refractivity contribution in [3.05, 3.63) is 35.7 Å². The molecule has 2 bridgehead atoms. The summed E-state index contributed by atoms with van der Waals surface area (Å²) in [5.41, 5.74) is 5.43. The van der Waals surface area contributed by atoms with Crippen molar-refractivity contribution in [2.75, 3.05) is 18.7 Å². The average molecular weight is 659 g/mol. The molecule has 4 aromatic heterocycles. The molecule has 7 N–H and O–H groups in total. The Morgan fingerprint density at radius 2 is 1.64 bits per heavy atom. The minimum atomic E-state index is -5.07. The second-order valence-electron chi connectivity index (χ2n) is 9.92. The summed E-state index contributed by atoms with van der Waals surface area (Å²) in [6.45, 7) is -0.789. The van der Waals surface area contributed by atoms with Gasteiger partial charge in [-0.1, -0.05) is 0 Å². The SMILES string of the molecule is Nc1ncnc2c1ncn2[C@@H]1O[C@@H]2OCP(=O)(O)O[C@@H]3[C@H](O)[C@@H](COP(=O)(O)O[C@H]2[C@H]1O)O[C@H]3n1cnc2c(=O)[nH]cnc21. The van der Waals surface area contributed by atoms with Crippen LogP contribution in [0.2, 0.25) is 0 Å². The van der Waals surface area contributed by atoms with E-state index in [4.69, 9.17) is 33.5 Å². The van der Waals surface area contributed by atoms with E-state index in [1.165, 1.54) is 15.5 Å². The van der Waals surface area contributed by atoms with E-state index in [2.05, 4.69) is 29.9 Å². The second kappa shape index (κ2) is 10.7. The fourth-order valence-electron chi connectivity index (χ4n) is 5.13. The Morgan fingerprint density at radius 3 is 2.43 bits per heavy atom. The maximum atomic E-state index is 13.2. The maximum Gasteiger partial charge on any atom is 0.472 e. The van der Waals surface area contributed by atoms with Crippen molar-refractivity contribution in [2.45, 2.75) is 49.3 Å². The summed E-state index contributed by atoms with van der Waals surface area (Å²) >= 11 is 0. The smallest absolute Gasteiger partial charge is 0.387 e. The molecule has 44 heavy (non-hydrogen) atoms. The molecular formula is C20H23N9O13P2. The molecule has 236 valence electrons. The van der Waals surface area contributed by atoms with E-state index in [1.807, 2.05) is 0 Å². The lowest BCUT2D eigenvalue weighted by atomic mass is 10.1. The third kappa shape index (κ3) is 5.04. The Hall–Kier alpha value is -3.24. The predicted molar refractivity (Wildman–Crippen MR) is 139 cm³/mol. The molecule has 0 radical (unpaired) electrons. The number of rotatable bonds is 2. The fraction of sp³-hybridized carbons (Fsp3) is 0.500. The Morgan fingerprint density at radius 1 is 0.909 bits per heavy atom. The highest BCUT2D eigenvalue weighted by atomic mass is 31.2. The Bertz CT molecular complexity index is 1880.